The topological polar surface area (TPSA) is 81.7 Å². The summed E-state index contributed by atoms with van der Waals surface area (Å²) in [6.07, 6.45) is 0. The molecule has 0 bridgehead atoms. The van der Waals surface area contributed by atoms with E-state index in [4.69, 9.17) is 9.47 Å². The average Bonchev–Trinajstić information content (AvgIpc) is 3.38. The van der Waals surface area contributed by atoms with Crippen molar-refractivity contribution in [3.05, 3.63) is 88.6 Å². The van der Waals surface area contributed by atoms with E-state index in [0.29, 0.717) is 28.5 Å². The largest absolute Gasteiger partial charge is 0.497 e. The molecule has 0 aliphatic rings. The van der Waals surface area contributed by atoms with Crippen LogP contribution in [0.2, 0.25) is 0 Å². The fourth-order valence-corrected chi connectivity index (χ4v) is 6.59. The highest BCUT2D eigenvalue weighted by Gasteiger charge is 2.31. The van der Waals surface area contributed by atoms with Crippen molar-refractivity contribution in [1.29, 1.82) is 0 Å². The minimum absolute atomic E-state index is 0.0809. The maximum absolute atomic E-state index is 13.6. The van der Waals surface area contributed by atoms with Crippen LogP contribution in [0, 0.1) is 0 Å². The highest BCUT2D eigenvalue weighted by Crippen LogP contribution is 2.33. The molecule has 8 heteroatoms. The first-order valence-corrected chi connectivity index (χ1v) is 13.2. The van der Waals surface area contributed by atoms with Crippen molar-refractivity contribution < 1.29 is 22.7 Å². The van der Waals surface area contributed by atoms with Crippen LogP contribution < -0.4 is 14.8 Å². The lowest BCUT2D eigenvalue weighted by Crippen LogP contribution is -2.32. The second-order valence-electron chi connectivity index (χ2n) is 7.53. The van der Waals surface area contributed by atoms with Gasteiger partial charge in [0.15, 0.2) is 9.84 Å². The van der Waals surface area contributed by atoms with Crippen molar-refractivity contribution in [1.82, 2.24) is 5.32 Å². The summed E-state index contributed by atoms with van der Waals surface area (Å²) in [5.41, 5.74) is 0.395. The van der Waals surface area contributed by atoms with E-state index in [9.17, 15) is 13.2 Å². The molecule has 1 atom stereocenters. The predicted molar refractivity (Wildman–Crippen MR) is 135 cm³/mol. The summed E-state index contributed by atoms with van der Waals surface area (Å²) >= 11 is 1.34. The molecule has 4 rings (SSSR count). The zero-order chi connectivity index (χ0) is 24.1. The SMILES string of the molecule is CCOc1ccc2ccccc2c1C(=O)NCC(c1cccs1)S(=O)(=O)c1ccc(OC)cc1. The quantitative estimate of drug-likeness (QED) is 0.343. The Morgan fingerprint density at radius 2 is 1.76 bits per heavy atom. The van der Waals surface area contributed by atoms with Gasteiger partial charge in [-0.15, -0.1) is 11.3 Å². The van der Waals surface area contributed by atoms with E-state index in [0.717, 1.165) is 10.8 Å². The Balaban J connectivity index is 1.67. The van der Waals surface area contributed by atoms with Gasteiger partial charge in [-0.3, -0.25) is 4.79 Å². The van der Waals surface area contributed by atoms with E-state index in [1.165, 1.54) is 30.6 Å². The van der Waals surface area contributed by atoms with Crippen molar-refractivity contribution in [2.75, 3.05) is 20.3 Å². The number of amides is 1. The minimum atomic E-state index is -3.78. The third kappa shape index (κ3) is 4.78. The molecule has 34 heavy (non-hydrogen) atoms. The molecule has 0 saturated heterocycles. The molecule has 0 fully saturated rings. The van der Waals surface area contributed by atoms with E-state index in [2.05, 4.69) is 5.32 Å². The Labute approximate surface area is 203 Å². The van der Waals surface area contributed by atoms with Crippen LogP contribution in [0.25, 0.3) is 10.8 Å². The zero-order valence-electron chi connectivity index (χ0n) is 18.9. The van der Waals surface area contributed by atoms with Crippen molar-refractivity contribution in [3.63, 3.8) is 0 Å². The van der Waals surface area contributed by atoms with Crippen molar-refractivity contribution in [2.24, 2.45) is 0 Å². The molecular weight excluding hydrogens is 470 g/mol. The van der Waals surface area contributed by atoms with Crippen LogP contribution in [0.1, 0.15) is 27.4 Å². The molecule has 0 radical (unpaired) electrons. The number of rotatable bonds is 9. The Hall–Kier alpha value is -3.36. The number of benzene rings is 3. The molecule has 3 aromatic carbocycles. The first-order chi connectivity index (χ1) is 16.5. The summed E-state index contributed by atoms with van der Waals surface area (Å²) in [6, 6.07) is 21.1. The molecule has 1 heterocycles. The van der Waals surface area contributed by atoms with Gasteiger partial charge in [-0.1, -0.05) is 36.4 Å². The van der Waals surface area contributed by atoms with Crippen LogP contribution in [0.3, 0.4) is 0 Å². The molecule has 0 aliphatic heterocycles. The molecule has 1 unspecified atom stereocenters. The van der Waals surface area contributed by atoms with E-state index in [1.807, 2.05) is 42.6 Å². The van der Waals surface area contributed by atoms with Gasteiger partial charge in [0.25, 0.3) is 5.91 Å². The number of nitrogens with one attached hydrogen (secondary N) is 1. The molecule has 1 amide bonds. The van der Waals surface area contributed by atoms with Crippen LogP contribution in [-0.4, -0.2) is 34.6 Å². The van der Waals surface area contributed by atoms with E-state index in [-0.39, 0.29) is 17.3 Å². The standard InChI is InChI=1S/C26H25NO5S2/c1-3-32-22-15-10-18-7-4-5-8-21(18)25(22)26(28)27-17-24(23-9-6-16-33-23)34(29,30)20-13-11-19(31-2)12-14-20/h4-16,24H,3,17H2,1-2H3,(H,27,28). The summed E-state index contributed by atoms with van der Waals surface area (Å²) in [5, 5.41) is 5.40. The second-order valence-corrected chi connectivity index (χ2v) is 10.6. The molecule has 0 saturated carbocycles. The maximum Gasteiger partial charge on any atom is 0.255 e. The highest BCUT2D eigenvalue weighted by atomic mass is 32.2. The van der Waals surface area contributed by atoms with Gasteiger partial charge in [0.2, 0.25) is 0 Å². The maximum atomic E-state index is 13.6. The lowest BCUT2D eigenvalue weighted by atomic mass is 10.0. The summed E-state index contributed by atoms with van der Waals surface area (Å²) < 4.78 is 38.0. The minimum Gasteiger partial charge on any atom is -0.497 e. The van der Waals surface area contributed by atoms with E-state index >= 15 is 0 Å². The average molecular weight is 496 g/mol. The first kappa shape index (κ1) is 23.8. The van der Waals surface area contributed by atoms with Crippen molar-refractivity contribution >= 4 is 37.9 Å². The number of methoxy groups -OCH3 is 1. The van der Waals surface area contributed by atoms with Gasteiger partial charge in [0.1, 0.15) is 16.7 Å². The van der Waals surface area contributed by atoms with Crippen LogP contribution in [0.4, 0.5) is 0 Å². The van der Waals surface area contributed by atoms with Crippen LogP contribution in [-0.2, 0) is 9.84 Å². The predicted octanol–water partition coefficient (Wildman–Crippen LogP) is 5.25. The monoisotopic (exact) mass is 495 g/mol. The smallest absolute Gasteiger partial charge is 0.255 e. The van der Waals surface area contributed by atoms with Gasteiger partial charge >= 0.3 is 0 Å². The van der Waals surface area contributed by atoms with Crippen LogP contribution in [0.5, 0.6) is 11.5 Å². The normalized spacial score (nSPS) is 12.3. The third-order valence-corrected chi connectivity index (χ3v) is 8.72. The molecule has 0 aliphatic carbocycles. The van der Waals surface area contributed by atoms with Gasteiger partial charge in [-0.05, 0) is 59.5 Å². The number of ether oxygens (including phenoxy) is 2. The van der Waals surface area contributed by atoms with E-state index in [1.54, 1.807) is 30.3 Å². The Morgan fingerprint density at radius 3 is 2.44 bits per heavy atom. The molecule has 6 nitrogen and oxygen atoms in total. The fourth-order valence-electron chi connectivity index (χ4n) is 3.80. The van der Waals surface area contributed by atoms with Gasteiger partial charge in [-0.25, -0.2) is 8.42 Å². The third-order valence-electron chi connectivity index (χ3n) is 5.49. The number of hydrogen-bond donors (Lipinski definition) is 1. The summed E-state index contributed by atoms with van der Waals surface area (Å²) in [4.78, 5) is 14.2. The summed E-state index contributed by atoms with van der Waals surface area (Å²) in [5.74, 6) is 0.649. The molecule has 1 N–H and O–H groups in total. The first-order valence-electron chi connectivity index (χ1n) is 10.8. The number of thiophene rings is 1. The highest BCUT2D eigenvalue weighted by molar-refractivity contribution is 7.91. The molecule has 176 valence electrons. The fraction of sp³-hybridized carbons (Fsp3) is 0.192. The number of sulfone groups is 1. The van der Waals surface area contributed by atoms with Gasteiger partial charge < -0.3 is 14.8 Å². The molecule has 1 aromatic heterocycles. The molecular formula is C26H25NO5S2. The van der Waals surface area contributed by atoms with Crippen LogP contribution in [0.15, 0.2) is 83.1 Å². The lowest BCUT2D eigenvalue weighted by Gasteiger charge is -2.19. The molecule has 0 spiro atoms. The Kier molecular flexibility index (Phi) is 7.19. The van der Waals surface area contributed by atoms with Crippen LogP contribution >= 0.6 is 11.3 Å². The van der Waals surface area contributed by atoms with Gasteiger partial charge in [-0.2, -0.15) is 0 Å². The van der Waals surface area contributed by atoms with Crippen molar-refractivity contribution in [3.8, 4) is 11.5 Å². The molecule has 4 aromatic rings. The Bertz CT molecular complexity index is 1380. The number of fused-ring (bicyclic) bond motifs is 1. The van der Waals surface area contributed by atoms with Gasteiger partial charge in [0.05, 0.1) is 24.2 Å². The second kappa shape index (κ2) is 10.3. The number of hydrogen-bond acceptors (Lipinski definition) is 6. The van der Waals surface area contributed by atoms with Gasteiger partial charge in [0, 0.05) is 11.4 Å². The number of carbonyl (C=O) groups is 1. The number of carbonyl (C=O) groups excluding carboxylic acids is 1. The summed E-state index contributed by atoms with van der Waals surface area (Å²) in [7, 11) is -2.26. The van der Waals surface area contributed by atoms with E-state index < -0.39 is 15.1 Å². The zero-order valence-corrected chi connectivity index (χ0v) is 20.5. The lowest BCUT2D eigenvalue weighted by molar-refractivity contribution is 0.0952. The Morgan fingerprint density at radius 1 is 1.00 bits per heavy atom. The van der Waals surface area contributed by atoms with Crippen molar-refractivity contribution in [2.45, 2.75) is 17.1 Å². The summed E-state index contributed by atoms with van der Waals surface area (Å²) in [6.45, 7) is 2.18.